The Bertz CT molecular complexity index is 470. The van der Waals surface area contributed by atoms with Gasteiger partial charge in [-0.2, -0.15) is 0 Å². The van der Waals surface area contributed by atoms with E-state index in [-0.39, 0.29) is 23.7 Å². The standard InChI is InChI=1S/C11H16N4O4/c1-18-8-5-14(6-9(8)19-2)10-4-3-7(15(16)17)11(12)13-10/h3-4,8-9H,5-6H2,1-2H3,(H2,12,13). The van der Waals surface area contributed by atoms with Crippen LogP contribution < -0.4 is 10.6 Å². The first kappa shape index (κ1) is 13.5. The summed E-state index contributed by atoms with van der Waals surface area (Å²) in [6.07, 6.45) is -0.105. The van der Waals surface area contributed by atoms with Gasteiger partial charge in [-0.3, -0.25) is 10.1 Å². The van der Waals surface area contributed by atoms with Crippen LogP contribution in [0.2, 0.25) is 0 Å². The SMILES string of the molecule is COC1CN(c2ccc([N+](=O)[O-])c(N)n2)CC1OC. The van der Waals surface area contributed by atoms with E-state index in [0.29, 0.717) is 18.9 Å². The summed E-state index contributed by atoms with van der Waals surface area (Å²) in [6.45, 7) is 1.22. The molecular weight excluding hydrogens is 252 g/mol. The molecule has 8 nitrogen and oxygen atoms in total. The first-order valence-corrected chi connectivity index (χ1v) is 5.78. The molecular formula is C11H16N4O4. The highest BCUT2D eigenvalue weighted by Crippen LogP contribution is 2.26. The van der Waals surface area contributed by atoms with E-state index in [1.165, 1.54) is 6.07 Å². The highest BCUT2D eigenvalue weighted by atomic mass is 16.6. The fourth-order valence-corrected chi connectivity index (χ4v) is 2.17. The number of methoxy groups -OCH3 is 2. The van der Waals surface area contributed by atoms with Crippen molar-refractivity contribution >= 4 is 17.3 Å². The third-order valence-electron chi connectivity index (χ3n) is 3.23. The van der Waals surface area contributed by atoms with Crippen molar-refractivity contribution in [2.45, 2.75) is 12.2 Å². The molecule has 1 aliphatic heterocycles. The first-order chi connectivity index (χ1) is 9.06. The zero-order valence-electron chi connectivity index (χ0n) is 10.8. The Labute approximate surface area is 110 Å². The van der Waals surface area contributed by atoms with Crippen molar-refractivity contribution in [1.82, 2.24) is 4.98 Å². The summed E-state index contributed by atoms with van der Waals surface area (Å²) in [4.78, 5) is 16.1. The second-order valence-electron chi connectivity index (χ2n) is 4.28. The Kier molecular flexibility index (Phi) is 3.82. The van der Waals surface area contributed by atoms with E-state index in [4.69, 9.17) is 15.2 Å². The van der Waals surface area contributed by atoms with Crippen molar-refractivity contribution in [1.29, 1.82) is 0 Å². The summed E-state index contributed by atoms with van der Waals surface area (Å²) < 4.78 is 10.6. The highest BCUT2D eigenvalue weighted by molar-refractivity contribution is 5.58. The largest absolute Gasteiger partial charge is 0.378 e. The number of nitrogens with two attached hydrogens (primary N) is 1. The lowest BCUT2D eigenvalue weighted by Crippen LogP contribution is -2.27. The Morgan fingerprint density at radius 3 is 2.37 bits per heavy atom. The topological polar surface area (TPSA) is 104 Å². The van der Waals surface area contributed by atoms with Gasteiger partial charge in [-0.05, 0) is 6.07 Å². The summed E-state index contributed by atoms with van der Waals surface area (Å²) in [5.41, 5.74) is 5.40. The predicted octanol–water partition coefficient (Wildman–Crippen LogP) is 0.422. The van der Waals surface area contributed by atoms with Crippen molar-refractivity contribution in [2.24, 2.45) is 0 Å². The number of rotatable bonds is 4. The summed E-state index contributed by atoms with van der Waals surface area (Å²) in [5, 5.41) is 10.7. The predicted molar refractivity (Wildman–Crippen MR) is 69.1 cm³/mol. The number of nitro groups is 1. The van der Waals surface area contributed by atoms with Gasteiger partial charge in [0.15, 0.2) is 0 Å². The van der Waals surface area contributed by atoms with Gasteiger partial charge in [0.2, 0.25) is 5.82 Å². The van der Waals surface area contributed by atoms with E-state index in [1.54, 1.807) is 20.3 Å². The maximum atomic E-state index is 10.7. The fraction of sp³-hybridized carbons (Fsp3) is 0.545. The lowest BCUT2D eigenvalue weighted by atomic mass is 10.3. The molecule has 2 heterocycles. The number of nitrogen functional groups attached to an aromatic ring is 1. The van der Waals surface area contributed by atoms with Gasteiger partial charge in [-0.25, -0.2) is 4.98 Å². The lowest BCUT2D eigenvalue weighted by Gasteiger charge is -2.16. The molecule has 1 aliphatic rings. The molecule has 0 amide bonds. The molecule has 0 bridgehead atoms. The van der Waals surface area contributed by atoms with Crippen molar-refractivity contribution < 1.29 is 14.4 Å². The van der Waals surface area contributed by atoms with Gasteiger partial charge in [0.05, 0.1) is 4.92 Å². The fourth-order valence-electron chi connectivity index (χ4n) is 2.17. The normalized spacial score (nSPS) is 22.7. The van der Waals surface area contributed by atoms with Crippen LogP contribution in [0.4, 0.5) is 17.3 Å². The zero-order valence-corrected chi connectivity index (χ0v) is 10.8. The van der Waals surface area contributed by atoms with Crippen LogP contribution >= 0.6 is 0 Å². The van der Waals surface area contributed by atoms with Crippen LogP contribution in [0.25, 0.3) is 0 Å². The molecule has 2 N–H and O–H groups in total. The van der Waals surface area contributed by atoms with E-state index in [9.17, 15) is 10.1 Å². The summed E-state index contributed by atoms with van der Waals surface area (Å²) >= 11 is 0. The number of ether oxygens (including phenoxy) is 2. The van der Waals surface area contributed by atoms with Crippen LogP contribution in [0.3, 0.4) is 0 Å². The average Bonchev–Trinajstić information content (AvgIpc) is 2.81. The van der Waals surface area contributed by atoms with Crippen LogP contribution in [-0.2, 0) is 9.47 Å². The zero-order chi connectivity index (χ0) is 14.0. The molecule has 2 rings (SSSR count). The Balaban J connectivity index is 2.20. The van der Waals surface area contributed by atoms with Crippen LogP contribution in [0.15, 0.2) is 12.1 Å². The molecule has 19 heavy (non-hydrogen) atoms. The summed E-state index contributed by atoms with van der Waals surface area (Å²) in [7, 11) is 3.25. The van der Waals surface area contributed by atoms with Crippen LogP contribution in [-0.4, -0.2) is 49.4 Å². The number of anilines is 2. The Morgan fingerprint density at radius 2 is 1.95 bits per heavy atom. The molecule has 1 aromatic heterocycles. The molecule has 0 aliphatic carbocycles. The molecule has 2 atom stereocenters. The summed E-state index contributed by atoms with van der Waals surface area (Å²) in [6, 6.07) is 2.94. The van der Waals surface area contributed by atoms with E-state index < -0.39 is 4.92 Å². The van der Waals surface area contributed by atoms with Crippen LogP contribution in [0, 0.1) is 10.1 Å². The summed E-state index contributed by atoms with van der Waals surface area (Å²) in [5.74, 6) is 0.502. The molecule has 0 saturated carbocycles. The second kappa shape index (κ2) is 5.37. The van der Waals surface area contributed by atoms with Gasteiger partial charge in [0.1, 0.15) is 18.0 Å². The van der Waals surface area contributed by atoms with Gasteiger partial charge < -0.3 is 20.1 Å². The highest BCUT2D eigenvalue weighted by Gasteiger charge is 2.34. The molecule has 8 heteroatoms. The molecule has 0 aromatic carbocycles. The minimum atomic E-state index is -0.550. The lowest BCUT2D eigenvalue weighted by molar-refractivity contribution is -0.384. The van der Waals surface area contributed by atoms with Gasteiger partial charge in [-0.15, -0.1) is 0 Å². The number of nitrogens with zero attached hydrogens (tertiary/aromatic N) is 3. The molecule has 0 spiro atoms. The minimum absolute atomic E-state index is 0.0526. The van der Waals surface area contributed by atoms with E-state index in [0.717, 1.165) is 0 Å². The van der Waals surface area contributed by atoms with E-state index in [2.05, 4.69) is 4.98 Å². The number of hydrogen-bond donors (Lipinski definition) is 1. The maximum absolute atomic E-state index is 10.7. The van der Waals surface area contributed by atoms with Gasteiger partial charge in [0, 0.05) is 33.4 Å². The van der Waals surface area contributed by atoms with Crippen molar-refractivity contribution in [3.8, 4) is 0 Å². The van der Waals surface area contributed by atoms with Crippen molar-refractivity contribution in [2.75, 3.05) is 37.9 Å². The number of aromatic nitrogens is 1. The maximum Gasteiger partial charge on any atom is 0.311 e. The number of pyridine rings is 1. The average molecular weight is 268 g/mol. The smallest absolute Gasteiger partial charge is 0.311 e. The third-order valence-corrected chi connectivity index (χ3v) is 3.23. The Morgan fingerprint density at radius 1 is 1.37 bits per heavy atom. The third kappa shape index (κ3) is 2.59. The number of hydrogen-bond acceptors (Lipinski definition) is 7. The Hall–Kier alpha value is -1.93. The quantitative estimate of drug-likeness (QED) is 0.623. The minimum Gasteiger partial charge on any atom is -0.378 e. The van der Waals surface area contributed by atoms with E-state index >= 15 is 0 Å². The van der Waals surface area contributed by atoms with Gasteiger partial charge >= 0.3 is 5.69 Å². The second-order valence-corrected chi connectivity index (χ2v) is 4.28. The molecule has 104 valence electrons. The molecule has 1 saturated heterocycles. The van der Waals surface area contributed by atoms with Crippen LogP contribution in [0.5, 0.6) is 0 Å². The molecule has 0 radical (unpaired) electrons. The first-order valence-electron chi connectivity index (χ1n) is 5.78. The van der Waals surface area contributed by atoms with Crippen molar-refractivity contribution in [3.05, 3.63) is 22.2 Å². The van der Waals surface area contributed by atoms with E-state index in [1.807, 2.05) is 4.90 Å². The molecule has 2 unspecified atom stereocenters. The molecule has 1 aromatic rings. The van der Waals surface area contributed by atoms with Gasteiger partial charge in [-0.1, -0.05) is 0 Å². The molecule has 1 fully saturated rings. The van der Waals surface area contributed by atoms with Crippen LogP contribution in [0.1, 0.15) is 0 Å². The van der Waals surface area contributed by atoms with Gasteiger partial charge in [0.25, 0.3) is 0 Å². The monoisotopic (exact) mass is 268 g/mol. The van der Waals surface area contributed by atoms with Crippen molar-refractivity contribution in [3.63, 3.8) is 0 Å².